The van der Waals surface area contributed by atoms with Crippen LogP contribution in [0.3, 0.4) is 0 Å². The lowest BCUT2D eigenvalue weighted by atomic mass is 10.2. The lowest BCUT2D eigenvalue weighted by Crippen LogP contribution is -2.15. The zero-order valence-electron chi connectivity index (χ0n) is 9.93. The van der Waals surface area contributed by atoms with E-state index in [9.17, 15) is 14.0 Å². The van der Waals surface area contributed by atoms with Crippen LogP contribution in [-0.2, 0) is 0 Å². The Bertz CT molecular complexity index is 691. The van der Waals surface area contributed by atoms with Gasteiger partial charge in [0, 0.05) is 16.4 Å². The second-order valence-electron chi connectivity index (χ2n) is 3.79. The van der Waals surface area contributed by atoms with Gasteiger partial charge in [-0.15, -0.1) is 0 Å². The first-order valence-corrected chi connectivity index (χ1v) is 6.23. The summed E-state index contributed by atoms with van der Waals surface area (Å²) < 4.78 is 13.7. The molecule has 0 spiro atoms. The molecule has 0 fully saturated rings. The number of aromatic nitrogens is 1. The van der Waals surface area contributed by atoms with E-state index < -0.39 is 23.3 Å². The molecule has 7 heteroatoms. The summed E-state index contributed by atoms with van der Waals surface area (Å²) in [5, 5.41) is 11.3. The van der Waals surface area contributed by atoms with Gasteiger partial charge < -0.3 is 10.4 Å². The van der Waals surface area contributed by atoms with Gasteiger partial charge in [-0.05, 0) is 46.3 Å². The molecule has 0 bridgehead atoms. The van der Waals surface area contributed by atoms with E-state index in [2.05, 4.69) is 26.2 Å². The third kappa shape index (κ3) is 3.00. The Labute approximate surface area is 121 Å². The summed E-state index contributed by atoms with van der Waals surface area (Å²) in [4.78, 5) is 26.7. The average Bonchev–Trinajstić information content (AvgIpc) is 2.41. The Hall–Kier alpha value is -2.28. The van der Waals surface area contributed by atoms with E-state index in [4.69, 9.17) is 5.11 Å². The zero-order chi connectivity index (χ0) is 14.7. The minimum absolute atomic E-state index is 0.147. The van der Waals surface area contributed by atoms with Crippen molar-refractivity contribution in [2.24, 2.45) is 0 Å². The maximum atomic E-state index is 13.2. The predicted molar refractivity (Wildman–Crippen MR) is 73.2 cm³/mol. The number of amides is 1. The van der Waals surface area contributed by atoms with Gasteiger partial charge in [0.15, 0.2) is 0 Å². The molecule has 1 amide bonds. The van der Waals surface area contributed by atoms with Crippen LogP contribution in [0.15, 0.2) is 41.0 Å². The van der Waals surface area contributed by atoms with Crippen molar-refractivity contribution in [3.05, 3.63) is 58.1 Å². The van der Waals surface area contributed by atoms with Crippen molar-refractivity contribution in [1.29, 1.82) is 0 Å². The van der Waals surface area contributed by atoms with Crippen LogP contribution in [0.5, 0.6) is 0 Å². The first kappa shape index (κ1) is 14.1. The maximum Gasteiger partial charge on any atom is 0.338 e. The number of pyridine rings is 1. The van der Waals surface area contributed by atoms with Gasteiger partial charge in [0.1, 0.15) is 11.5 Å². The van der Waals surface area contributed by atoms with Crippen LogP contribution in [0.25, 0.3) is 0 Å². The third-order valence-electron chi connectivity index (χ3n) is 2.43. The molecular formula is C13H8BrFN2O3. The maximum absolute atomic E-state index is 13.2. The molecule has 0 radical (unpaired) electrons. The summed E-state index contributed by atoms with van der Waals surface area (Å²) in [5.41, 5.74) is -0.192. The molecular weight excluding hydrogens is 331 g/mol. The first-order chi connectivity index (χ1) is 9.49. The number of halogens is 2. The number of carboxylic acids is 1. The fraction of sp³-hybridized carbons (Fsp3) is 0. The van der Waals surface area contributed by atoms with Gasteiger partial charge in [0.25, 0.3) is 5.91 Å². The number of hydrogen-bond acceptors (Lipinski definition) is 3. The minimum atomic E-state index is -1.40. The molecule has 0 aliphatic heterocycles. The van der Waals surface area contributed by atoms with Crippen LogP contribution in [0.4, 0.5) is 10.1 Å². The standard InChI is InChI=1S/C13H8BrFN2O3/c14-9-2-1-5-16-11(9)12(18)17-7-3-4-10(15)8(6-7)13(19)20/h1-6H,(H,17,18)(H,19,20). The van der Waals surface area contributed by atoms with Crippen molar-refractivity contribution >= 4 is 33.5 Å². The Morgan fingerprint density at radius 2 is 2.05 bits per heavy atom. The van der Waals surface area contributed by atoms with Gasteiger partial charge in [0.2, 0.25) is 0 Å². The van der Waals surface area contributed by atoms with E-state index in [-0.39, 0.29) is 11.4 Å². The second kappa shape index (κ2) is 5.79. The van der Waals surface area contributed by atoms with Gasteiger partial charge >= 0.3 is 5.97 Å². The quantitative estimate of drug-likeness (QED) is 0.901. The fourth-order valence-corrected chi connectivity index (χ4v) is 1.95. The van der Waals surface area contributed by atoms with Gasteiger partial charge in [-0.3, -0.25) is 4.79 Å². The summed E-state index contributed by atoms with van der Waals surface area (Å²) >= 11 is 3.18. The Balaban J connectivity index is 2.27. The monoisotopic (exact) mass is 338 g/mol. The molecule has 2 N–H and O–H groups in total. The number of carboxylic acid groups (broad SMARTS) is 1. The van der Waals surface area contributed by atoms with E-state index in [1.807, 2.05) is 0 Å². The summed E-state index contributed by atoms with van der Waals surface area (Å²) in [7, 11) is 0. The summed E-state index contributed by atoms with van der Waals surface area (Å²) in [6.45, 7) is 0. The number of anilines is 1. The number of carbonyl (C=O) groups excluding carboxylic acids is 1. The van der Waals surface area contributed by atoms with Gasteiger partial charge in [0.05, 0.1) is 5.56 Å². The molecule has 102 valence electrons. The minimum Gasteiger partial charge on any atom is -0.478 e. The smallest absolute Gasteiger partial charge is 0.338 e. The van der Waals surface area contributed by atoms with Gasteiger partial charge in [-0.25, -0.2) is 14.2 Å². The Kier molecular flexibility index (Phi) is 4.09. The highest BCUT2D eigenvalue weighted by Crippen LogP contribution is 2.18. The molecule has 0 unspecified atom stereocenters. The van der Waals surface area contributed by atoms with Crippen LogP contribution in [0, 0.1) is 5.82 Å². The van der Waals surface area contributed by atoms with Crippen LogP contribution in [-0.4, -0.2) is 22.0 Å². The summed E-state index contributed by atoms with van der Waals surface area (Å²) in [6.07, 6.45) is 1.45. The normalized spacial score (nSPS) is 10.1. The Morgan fingerprint density at radius 1 is 1.30 bits per heavy atom. The lowest BCUT2D eigenvalue weighted by Gasteiger charge is -2.07. The topological polar surface area (TPSA) is 79.3 Å². The zero-order valence-corrected chi connectivity index (χ0v) is 11.5. The summed E-state index contributed by atoms with van der Waals surface area (Å²) in [6, 6.07) is 6.60. The van der Waals surface area contributed by atoms with Crippen molar-refractivity contribution < 1.29 is 19.1 Å². The van der Waals surface area contributed by atoms with Crippen LogP contribution in [0.1, 0.15) is 20.8 Å². The largest absolute Gasteiger partial charge is 0.478 e. The van der Waals surface area contributed by atoms with E-state index in [1.165, 1.54) is 12.3 Å². The van der Waals surface area contributed by atoms with Crippen LogP contribution in [0.2, 0.25) is 0 Å². The molecule has 1 aromatic carbocycles. The van der Waals surface area contributed by atoms with Crippen molar-refractivity contribution in [1.82, 2.24) is 4.98 Å². The van der Waals surface area contributed by atoms with Crippen LogP contribution < -0.4 is 5.32 Å². The molecule has 2 rings (SSSR count). The van der Waals surface area contributed by atoms with Crippen molar-refractivity contribution in [3.8, 4) is 0 Å². The molecule has 0 atom stereocenters. The highest BCUT2D eigenvalue weighted by molar-refractivity contribution is 9.10. The van der Waals surface area contributed by atoms with Crippen molar-refractivity contribution in [2.45, 2.75) is 0 Å². The van der Waals surface area contributed by atoms with Crippen molar-refractivity contribution in [3.63, 3.8) is 0 Å². The molecule has 0 aliphatic rings. The van der Waals surface area contributed by atoms with Gasteiger partial charge in [-0.1, -0.05) is 0 Å². The number of nitrogens with one attached hydrogen (secondary N) is 1. The van der Waals surface area contributed by atoms with E-state index in [0.717, 1.165) is 12.1 Å². The lowest BCUT2D eigenvalue weighted by molar-refractivity contribution is 0.0691. The second-order valence-corrected chi connectivity index (χ2v) is 4.64. The highest BCUT2D eigenvalue weighted by Gasteiger charge is 2.14. The molecule has 1 heterocycles. The third-order valence-corrected chi connectivity index (χ3v) is 3.07. The number of rotatable bonds is 3. The molecule has 0 saturated carbocycles. The van der Waals surface area contributed by atoms with E-state index >= 15 is 0 Å². The SMILES string of the molecule is O=C(O)c1cc(NC(=O)c2ncccc2Br)ccc1F. The number of aromatic carboxylic acids is 1. The van der Waals surface area contributed by atoms with Crippen LogP contribution >= 0.6 is 15.9 Å². The van der Waals surface area contributed by atoms with Gasteiger partial charge in [-0.2, -0.15) is 0 Å². The first-order valence-electron chi connectivity index (χ1n) is 5.44. The number of hydrogen-bond donors (Lipinski definition) is 2. The predicted octanol–water partition coefficient (Wildman–Crippen LogP) is 2.93. The molecule has 20 heavy (non-hydrogen) atoms. The number of carbonyl (C=O) groups is 2. The van der Waals surface area contributed by atoms with Crippen molar-refractivity contribution in [2.75, 3.05) is 5.32 Å². The average molecular weight is 339 g/mol. The number of nitrogens with zero attached hydrogens (tertiary/aromatic N) is 1. The molecule has 0 saturated heterocycles. The summed E-state index contributed by atoms with van der Waals surface area (Å²) in [5.74, 6) is -2.80. The molecule has 1 aromatic heterocycles. The van der Waals surface area contributed by atoms with E-state index in [0.29, 0.717) is 4.47 Å². The highest BCUT2D eigenvalue weighted by atomic mass is 79.9. The van der Waals surface area contributed by atoms with E-state index in [1.54, 1.807) is 12.1 Å². The Morgan fingerprint density at radius 3 is 2.70 bits per heavy atom. The molecule has 5 nitrogen and oxygen atoms in total. The molecule has 2 aromatic rings. The number of benzene rings is 1. The fourth-order valence-electron chi connectivity index (χ4n) is 1.51. The molecule has 0 aliphatic carbocycles.